The summed E-state index contributed by atoms with van der Waals surface area (Å²) < 4.78 is 4.77. The van der Waals surface area contributed by atoms with Crippen LogP contribution >= 0.6 is 0 Å². The van der Waals surface area contributed by atoms with Gasteiger partial charge in [-0.1, -0.05) is 23.4 Å². The summed E-state index contributed by atoms with van der Waals surface area (Å²) in [7, 11) is 0. The molecular weight excluding hydrogens is 126 g/mol. The molecule has 0 aliphatic heterocycles. The van der Waals surface area contributed by atoms with E-state index in [0.717, 1.165) is 17.7 Å². The van der Waals surface area contributed by atoms with E-state index < -0.39 is 0 Å². The molecule has 1 aliphatic rings. The zero-order valence-electron chi connectivity index (χ0n) is 5.45. The van der Waals surface area contributed by atoms with Gasteiger partial charge in [0.15, 0.2) is 0 Å². The van der Waals surface area contributed by atoms with Crippen LogP contribution in [0.15, 0.2) is 22.9 Å². The largest absolute Gasteiger partial charge is 0.364 e. The lowest BCUT2D eigenvalue weighted by atomic mass is 10.2. The Morgan fingerprint density at radius 3 is 3.20 bits per heavy atom. The lowest BCUT2D eigenvalue weighted by molar-refractivity contribution is 0.418. The van der Waals surface area contributed by atoms with Crippen LogP contribution < -0.4 is 0 Å². The maximum Gasteiger partial charge on any atom is 0.131 e. The monoisotopic (exact) mass is 133 g/mol. The molecule has 0 radical (unpaired) electrons. The Kier molecular flexibility index (Phi) is 1.17. The van der Waals surface area contributed by atoms with Crippen molar-refractivity contribution in [3.8, 4) is 0 Å². The standard InChI is InChI=1S/C8H7NO/c1-2-4-7-6-10-9-8(7)5-3-1/h2-6H,1H2. The zero-order chi connectivity index (χ0) is 6.81. The number of nitrogens with zero attached hydrogens (tertiary/aromatic N) is 1. The van der Waals surface area contributed by atoms with Crippen molar-refractivity contribution >= 4 is 12.2 Å². The van der Waals surface area contributed by atoms with Crippen LogP contribution in [-0.4, -0.2) is 5.16 Å². The van der Waals surface area contributed by atoms with Crippen molar-refractivity contribution in [1.29, 1.82) is 0 Å². The molecule has 2 nitrogen and oxygen atoms in total. The molecule has 10 heavy (non-hydrogen) atoms. The summed E-state index contributed by atoms with van der Waals surface area (Å²) in [6.07, 6.45) is 10.8. The molecule has 0 amide bonds. The van der Waals surface area contributed by atoms with Gasteiger partial charge in [0.05, 0.1) is 0 Å². The van der Waals surface area contributed by atoms with Gasteiger partial charge in [-0.15, -0.1) is 0 Å². The van der Waals surface area contributed by atoms with Crippen LogP contribution in [0.3, 0.4) is 0 Å². The quantitative estimate of drug-likeness (QED) is 0.541. The van der Waals surface area contributed by atoms with Crippen LogP contribution in [0.4, 0.5) is 0 Å². The molecule has 1 aromatic heterocycles. The van der Waals surface area contributed by atoms with Gasteiger partial charge in [0.2, 0.25) is 0 Å². The first kappa shape index (κ1) is 5.47. The molecule has 1 aromatic rings. The van der Waals surface area contributed by atoms with Crippen LogP contribution in [0.25, 0.3) is 12.2 Å². The SMILES string of the molecule is C1=Cc2conc2C=CC1. The van der Waals surface area contributed by atoms with Gasteiger partial charge in [0, 0.05) is 5.56 Å². The molecule has 0 bridgehead atoms. The Morgan fingerprint density at radius 2 is 2.20 bits per heavy atom. The Balaban J connectivity index is 2.56. The van der Waals surface area contributed by atoms with Crippen LogP contribution in [0.2, 0.25) is 0 Å². The summed E-state index contributed by atoms with van der Waals surface area (Å²) in [5.41, 5.74) is 1.99. The van der Waals surface area contributed by atoms with E-state index in [4.69, 9.17) is 4.52 Å². The van der Waals surface area contributed by atoms with E-state index in [1.165, 1.54) is 0 Å². The van der Waals surface area contributed by atoms with E-state index in [1.807, 2.05) is 12.2 Å². The van der Waals surface area contributed by atoms with Gasteiger partial charge < -0.3 is 4.52 Å². The zero-order valence-corrected chi connectivity index (χ0v) is 5.45. The molecule has 50 valence electrons. The molecular formula is C8H7NO. The normalized spacial score (nSPS) is 14.8. The summed E-state index contributed by atoms with van der Waals surface area (Å²) >= 11 is 0. The lowest BCUT2D eigenvalue weighted by Gasteiger charge is -1.79. The smallest absolute Gasteiger partial charge is 0.131 e. The number of hydrogen-bond donors (Lipinski definition) is 0. The third-order valence-corrected chi connectivity index (χ3v) is 1.47. The van der Waals surface area contributed by atoms with Gasteiger partial charge in [-0.25, -0.2) is 0 Å². The molecule has 0 fully saturated rings. The highest BCUT2D eigenvalue weighted by Gasteiger charge is 2.01. The summed E-state index contributed by atoms with van der Waals surface area (Å²) in [5.74, 6) is 0. The third-order valence-electron chi connectivity index (χ3n) is 1.47. The average molecular weight is 133 g/mol. The van der Waals surface area contributed by atoms with Gasteiger partial charge >= 0.3 is 0 Å². The van der Waals surface area contributed by atoms with E-state index in [2.05, 4.69) is 17.3 Å². The van der Waals surface area contributed by atoms with Gasteiger partial charge in [-0.2, -0.15) is 0 Å². The second-order valence-electron chi connectivity index (χ2n) is 2.20. The predicted molar refractivity (Wildman–Crippen MR) is 39.2 cm³/mol. The third kappa shape index (κ3) is 0.778. The highest BCUT2D eigenvalue weighted by molar-refractivity contribution is 5.63. The number of aromatic nitrogens is 1. The fourth-order valence-corrected chi connectivity index (χ4v) is 0.958. The molecule has 0 atom stereocenters. The van der Waals surface area contributed by atoms with Crippen molar-refractivity contribution in [2.75, 3.05) is 0 Å². The van der Waals surface area contributed by atoms with Gasteiger partial charge in [0.1, 0.15) is 12.0 Å². The highest BCUT2D eigenvalue weighted by Crippen LogP contribution is 2.14. The van der Waals surface area contributed by atoms with E-state index in [1.54, 1.807) is 6.26 Å². The maximum absolute atomic E-state index is 4.77. The van der Waals surface area contributed by atoms with E-state index in [0.29, 0.717) is 0 Å². The number of hydrogen-bond acceptors (Lipinski definition) is 2. The average Bonchev–Trinajstić information content (AvgIpc) is 2.28. The molecule has 0 aromatic carbocycles. The summed E-state index contributed by atoms with van der Waals surface area (Å²) in [4.78, 5) is 0. The Labute approximate surface area is 58.8 Å². The van der Waals surface area contributed by atoms with Crippen molar-refractivity contribution in [2.45, 2.75) is 6.42 Å². The molecule has 0 unspecified atom stereocenters. The van der Waals surface area contributed by atoms with Crippen molar-refractivity contribution < 1.29 is 4.52 Å². The van der Waals surface area contributed by atoms with Crippen LogP contribution in [0, 0.1) is 0 Å². The highest BCUT2D eigenvalue weighted by atomic mass is 16.5. The van der Waals surface area contributed by atoms with Crippen LogP contribution in [-0.2, 0) is 0 Å². The summed E-state index contributed by atoms with van der Waals surface area (Å²) in [6.45, 7) is 0. The van der Waals surface area contributed by atoms with E-state index in [-0.39, 0.29) is 0 Å². The number of fused-ring (bicyclic) bond motifs is 1. The first-order valence-corrected chi connectivity index (χ1v) is 3.24. The minimum Gasteiger partial charge on any atom is -0.364 e. The van der Waals surface area contributed by atoms with Gasteiger partial charge in [-0.05, 0) is 12.5 Å². The van der Waals surface area contributed by atoms with E-state index >= 15 is 0 Å². The maximum atomic E-state index is 4.77. The second kappa shape index (κ2) is 2.14. The van der Waals surface area contributed by atoms with Crippen molar-refractivity contribution in [3.05, 3.63) is 29.7 Å². The second-order valence-corrected chi connectivity index (χ2v) is 2.20. The minimum absolute atomic E-state index is 0.925. The van der Waals surface area contributed by atoms with Crippen molar-refractivity contribution in [1.82, 2.24) is 5.16 Å². The molecule has 2 rings (SSSR count). The Morgan fingerprint density at radius 1 is 1.30 bits per heavy atom. The first-order valence-electron chi connectivity index (χ1n) is 3.24. The Bertz CT molecular complexity index is 257. The lowest BCUT2D eigenvalue weighted by Crippen LogP contribution is -1.71. The Hall–Kier alpha value is -1.31. The molecule has 0 N–H and O–H groups in total. The summed E-state index contributed by atoms with van der Waals surface area (Å²) in [5, 5.41) is 3.80. The first-order chi connectivity index (χ1) is 4.97. The van der Waals surface area contributed by atoms with Crippen LogP contribution in [0.1, 0.15) is 17.7 Å². The molecule has 0 saturated heterocycles. The predicted octanol–water partition coefficient (Wildman–Crippen LogP) is 2.10. The fourth-order valence-electron chi connectivity index (χ4n) is 0.958. The van der Waals surface area contributed by atoms with E-state index in [9.17, 15) is 0 Å². The van der Waals surface area contributed by atoms with Crippen molar-refractivity contribution in [2.24, 2.45) is 0 Å². The van der Waals surface area contributed by atoms with Crippen LogP contribution in [0.5, 0.6) is 0 Å². The molecule has 0 saturated carbocycles. The molecule has 2 heteroatoms. The molecule has 1 aliphatic carbocycles. The van der Waals surface area contributed by atoms with Gasteiger partial charge in [0.25, 0.3) is 0 Å². The fraction of sp³-hybridized carbons (Fsp3) is 0.125. The summed E-state index contributed by atoms with van der Waals surface area (Å²) in [6, 6.07) is 0. The molecule has 0 spiro atoms. The van der Waals surface area contributed by atoms with Gasteiger partial charge in [-0.3, -0.25) is 0 Å². The topological polar surface area (TPSA) is 26.0 Å². The molecule has 1 heterocycles. The number of rotatable bonds is 0. The minimum atomic E-state index is 0.925. The number of allylic oxidation sites excluding steroid dienone is 2. The van der Waals surface area contributed by atoms with Crippen molar-refractivity contribution in [3.63, 3.8) is 0 Å².